The molecule has 33 heavy (non-hydrogen) atoms. The molecule has 2 aliphatic heterocycles. The number of morpholine rings is 1. The van der Waals surface area contributed by atoms with E-state index in [1.165, 1.54) is 29.2 Å². The van der Waals surface area contributed by atoms with Crippen LogP contribution in [0.4, 0.5) is 15.8 Å². The number of hydrogen-bond donors (Lipinski definition) is 1. The highest BCUT2D eigenvalue weighted by atomic mass is 19.1. The van der Waals surface area contributed by atoms with E-state index in [0.29, 0.717) is 37.4 Å². The summed E-state index contributed by atoms with van der Waals surface area (Å²) in [6.45, 7) is 4.25. The van der Waals surface area contributed by atoms with Crippen molar-refractivity contribution in [3.8, 4) is 0 Å². The van der Waals surface area contributed by atoms with E-state index in [2.05, 4.69) is 10.2 Å². The quantitative estimate of drug-likeness (QED) is 0.622. The fraction of sp³-hybridized carbons (Fsp3) is 0.360. The lowest BCUT2D eigenvalue weighted by Crippen LogP contribution is -2.39. The van der Waals surface area contributed by atoms with E-state index in [-0.39, 0.29) is 23.1 Å². The first-order chi connectivity index (χ1) is 15.9. The topological polar surface area (TPSA) is 65.1 Å². The van der Waals surface area contributed by atoms with Gasteiger partial charge in [0.15, 0.2) is 0 Å². The molecule has 0 bridgehead atoms. The highest BCUT2D eigenvalue weighted by Gasteiger charge is 2.39. The number of rotatable bonds is 8. The number of carbonyl (C=O) groups excluding carboxylic acids is 2. The minimum atomic E-state index is -0.396. The van der Waals surface area contributed by atoms with Gasteiger partial charge in [0.25, 0.3) is 11.8 Å². The molecule has 0 spiro atoms. The van der Waals surface area contributed by atoms with E-state index in [1.54, 1.807) is 0 Å². The molecule has 0 aromatic heterocycles. The van der Waals surface area contributed by atoms with Crippen LogP contribution in [0.25, 0.3) is 5.57 Å². The molecule has 7 nitrogen and oxygen atoms in total. The van der Waals surface area contributed by atoms with Crippen molar-refractivity contribution < 1.29 is 18.7 Å². The number of amides is 2. The molecule has 0 unspecified atom stereocenters. The highest BCUT2D eigenvalue weighted by molar-refractivity contribution is 6.36. The first-order valence-electron chi connectivity index (χ1n) is 11.1. The molecule has 2 heterocycles. The summed E-state index contributed by atoms with van der Waals surface area (Å²) < 4.78 is 18.9. The molecule has 1 N–H and O–H groups in total. The maximum Gasteiger partial charge on any atom is 0.278 e. The van der Waals surface area contributed by atoms with Crippen LogP contribution in [0.1, 0.15) is 12.0 Å². The average molecular weight is 453 g/mol. The minimum Gasteiger partial charge on any atom is -0.379 e. The number of carbonyl (C=O) groups is 2. The van der Waals surface area contributed by atoms with Crippen molar-refractivity contribution in [1.82, 2.24) is 9.80 Å². The first-order valence-corrected chi connectivity index (χ1v) is 11.1. The Labute approximate surface area is 193 Å². The number of benzene rings is 2. The Bertz CT molecular complexity index is 1030. The summed E-state index contributed by atoms with van der Waals surface area (Å²) in [5.74, 6) is -1.12. The molecule has 0 aliphatic carbocycles. The summed E-state index contributed by atoms with van der Waals surface area (Å²) in [5, 5.41) is 3.15. The Balaban J connectivity index is 1.55. The Morgan fingerprint density at radius 2 is 1.61 bits per heavy atom. The standard InChI is InChI=1S/C25H29FN4O3/c1-28(2)21-10-8-20(9-11-21)27-23-22(18-4-6-19(26)7-5-18)24(31)30(25(23)32)13-3-12-29-14-16-33-17-15-29/h4-11,27H,3,12-17H2,1-2H3. The van der Waals surface area contributed by atoms with Gasteiger partial charge >= 0.3 is 0 Å². The number of imide groups is 1. The van der Waals surface area contributed by atoms with Gasteiger partial charge in [-0.1, -0.05) is 12.1 Å². The van der Waals surface area contributed by atoms with Crippen LogP contribution < -0.4 is 10.2 Å². The molecule has 1 saturated heterocycles. The molecule has 2 aromatic rings. The van der Waals surface area contributed by atoms with Crippen molar-refractivity contribution in [2.75, 3.05) is 63.7 Å². The molecule has 4 rings (SSSR count). The van der Waals surface area contributed by atoms with Gasteiger partial charge in [-0.15, -0.1) is 0 Å². The third-order valence-corrected chi connectivity index (χ3v) is 5.91. The maximum atomic E-state index is 13.5. The first kappa shape index (κ1) is 22.9. The van der Waals surface area contributed by atoms with Crippen molar-refractivity contribution in [1.29, 1.82) is 0 Å². The van der Waals surface area contributed by atoms with Gasteiger partial charge in [-0.2, -0.15) is 0 Å². The van der Waals surface area contributed by atoms with Gasteiger partial charge in [-0.05, 0) is 48.4 Å². The lowest BCUT2D eigenvalue weighted by Gasteiger charge is -2.27. The number of nitrogens with one attached hydrogen (secondary N) is 1. The van der Waals surface area contributed by atoms with Crippen molar-refractivity contribution in [2.24, 2.45) is 0 Å². The van der Waals surface area contributed by atoms with Gasteiger partial charge in [0, 0.05) is 51.6 Å². The molecular weight excluding hydrogens is 423 g/mol. The zero-order valence-electron chi connectivity index (χ0n) is 19.0. The average Bonchev–Trinajstić information content (AvgIpc) is 3.05. The maximum absolute atomic E-state index is 13.5. The number of hydrogen-bond acceptors (Lipinski definition) is 6. The van der Waals surface area contributed by atoms with Crippen molar-refractivity contribution in [3.05, 3.63) is 65.6 Å². The Morgan fingerprint density at radius 1 is 0.939 bits per heavy atom. The highest BCUT2D eigenvalue weighted by Crippen LogP contribution is 2.31. The molecule has 8 heteroatoms. The van der Waals surface area contributed by atoms with E-state index < -0.39 is 5.82 Å². The summed E-state index contributed by atoms with van der Waals surface area (Å²) in [4.78, 5) is 32.1. The third-order valence-electron chi connectivity index (χ3n) is 5.91. The Kier molecular flexibility index (Phi) is 7.05. The van der Waals surface area contributed by atoms with Gasteiger partial charge in [-0.25, -0.2) is 4.39 Å². The second-order valence-corrected chi connectivity index (χ2v) is 8.39. The van der Waals surface area contributed by atoms with Gasteiger partial charge in [0.05, 0.1) is 18.8 Å². The summed E-state index contributed by atoms with van der Waals surface area (Å²) >= 11 is 0. The zero-order chi connectivity index (χ0) is 23.4. The largest absolute Gasteiger partial charge is 0.379 e. The number of anilines is 2. The van der Waals surface area contributed by atoms with Gasteiger partial charge in [0.2, 0.25) is 0 Å². The van der Waals surface area contributed by atoms with E-state index in [0.717, 1.165) is 25.3 Å². The monoisotopic (exact) mass is 452 g/mol. The zero-order valence-corrected chi connectivity index (χ0v) is 19.0. The second-order valence-electron chi connectivity index (χ2n) is 8.39. The molecule has 0 atom stereocenters. The summed E-state index contributed by atoms with van der Waals surface area (Å²) in [6, 6.07) is 13.2. The molecule has 2 aliphatic rings. The van der Waals surface area contributed by atoms with Crippen molar-refractivity contribution in [2.45, 2.75) is 6.42 Å². The SMILES string of the molecule is CN(C)c1ccc(NC2=C(c3ccc(F)cc3)C(=O)N(CCCN3CCOCC3)C2=O)cc1. The third kappa shape index (κ3) is 5.23. The Morgan fingerprint density at radius 3 is 2.24 bits per heavy atom. The number of halogens is 1. The van der Waals surface area contributed by atoms with Crippen molar-refractivity contribution >= 4 is 28.8 Å². The lowest BCUT2D eigenvalue weighted by atomic mass is 10.0. The van der Waals surface area contributed by atoms with Crippen LogP contribution >= 0.6 is 0 Å². The normalized spacial score (nSPS) is 17.1. The van der Waals surface area contributed by atoms with Crippen LogP contribution in [0.3, 0.4) is 0 Å². The molecule has 0 saturated carbocycles. The van der Waals surface area contributed by atoms with Crippen LogP contribution in [0, 0.1) is 5.82 Å². The number of ether oxygens (including phenoxy) is 1. The number of nitrogens with zero attached hydrogens (tertiary/aromatic N) is 3. The minimum absolute atomic E-state index is 0.218. The summed E-state index contributed by atoms with van der Waals surface area (Å²) in [5.41, 5.74) is 2.72. The fourth-order valence-electron chi connectivity index (χ4n) is 4.04. The van der Waals surface area contributed by atoms with Crippen LogP contribution in [-0.4, -0.2) is 75.1 Å². The molecular formula is C25H29FN4O3. The molecule has 2 amide bonds. The van der Waals surface area contributed by atoms with Crippen molar-refractivity contribution in [3.63, 3.8) is 0 Å². The van der Waals surface area contributed by atoms with Crippen LogP contribution in [0.15, 0.2) is 54.2 Å². The predicted molar refractivity (Wildman–Crippen MR) is 126 cm³/mol. The van der Waals surface area contributed by atoms with Gasteiger partial charge in [0.1, 0.15) is 11.5 Å². The molecule has 2 aromatic carbocycles. The van der Waals surface area contributed by atoms with E-state index in [1.807, 2.05) is 43.3 Å². The van der Waals surface area contributed by atoms with E-state index in [9.17, 15) is 14.0 Å². The second kappa shape index (κ2) is 10.1. The van der Waals surface area contributed by atoms with Gasteiger partial charge in [-0.3, -0.25) is 19.4 Å². The molecule has 1 fully saturated rings. The summed E-state index contributed by atoms with van der Waals surface area (Å²) in [6.07, 6.45) is 0.680. The Hall–Kier alpha value is -3.23. The van der Waals surface area contributed by atoms with Crippen LogP contribution in [0.5, 0.6) is 0 Å². The fourth-order valence-corrected chi connectivity index (χ4v) is 4.04. The smallest absolute Gasteiger partial charge is 0.278 e. The van der Waals surface area contributed by atoms with E-state index >= 15 is 0 Å². The predicted octanol–water partition coefficient (Wildman–Crippen LogP) is 2.81. The van der Waals surface area contributed by atoms with E-state index in [4.69, 9.17) is 4.74 Å². The van der Waals surface area contributed by atoms with Crippen LogP contribution in [-0.2, 0) is 14.3 Å². The molecule has 174 valence electrons. The summed E-state index contributed by atoms with van der Waals surface area (Å²) in [7, 11) is 3.90. The molecule has 0 radical (unpaired) electrons. The van der Waals surface area contributed by atoms with Gasteiger partial charge < -0.3 is 15.0 Å². The lowest BCUT2D eigenvalue weighted by molar-refractivity contribution is -0.136. The van der Waals surface area contributed by atoms with Crippen LogP contribution in [0.2, 0.25) is 0 Å².